The van der Waals surface area contributed by atoms with Crippen molar-refractivity contribution in [3.8, 4) is 0 Å². The summed E-state index contributed by atoms with van der Waals surface area (Å²) in [6.45, 7) is 5.71. The van der Waals surface area contributed by atoms with E-state index in [9.17, 15) is 35.1 Å². The number of rotatable bonds is 63. The standard InChI is InChI=1S/C76H137NO10/c1-4-7-10-13-16-19-22-25-27-29-31-33-34-35-36-37-39-41-43-46-49-52-55-58-61-64-71(81)87-74-73(83)72(82)70(65-78)86-76(74)85-66-67(68(79)62-59-56-53-50-47-44-24-21-18-15-12-9-6-3)77-75(84)69(80)63-60-57-54-51-48-45-42-40-38-32-30-28-26-23-20-17-14-11-8-5-2/h8,11,17,20,26,28,32,38,42,45,59,62,67-70,72-74,76,78-80,82-83H,4-7,9-10,12-16,18-19,21-25,27,29-31,33-37,39-41,43-44,46-58,60-61,63-66H2,1-3H3,(H,77,84)/b11-8-,20-17-,28-26-,38-32-,45-42-,62-59+. The number of hydrogen-bond donors (Lipinski definition) is 6. The highest BCUT2D eigenvalue weighted by atomic mass is 16.7. The van der Waals surface area contributed by atoms with Crippen LogP contribution in [0, 0.1) is 0 Å². The van der Waals surface area contributed by atoms with Gasteiger partial charge in [0.05, 0.1) is 25.4 Å². The van der Waals surface area contributed by atoms with Crippen molar-refractivity contribution < 1.29 is 49.3 Å². The number of carbonyl (C=O) groups excluding carboxylic acids is 2. The van der Waals surface area contributed by atoms with E-state index in [2.05, 4.69) is 86.8 Å². The quantitative estimate of drug-likeness (QED) is 0.0195. The lowest BCUT2D eigenvalue weighted by Gasteiger charge is -2.41. The molecule has 1 aliphatic rings. The van der Waals surface area contributed by atoms with Crippen molar-refractivity contribution in [1.29, 1.82) is 0 Å². The molecule has 1 saturated heterocycles. The van der Waals surface area contributed by atoms with E-state index in [0.717, 1.165) is 96.3 Å². The Morgan fingerprint density at radius 1 is 0.460 bits per heavy atom. The maximum Gasteiger partial charge on any atom is 0.306 e. The highest BCUT2D eigenvalue weighted by molar-refractivity contribution is 5.80. The summed E-state index contributed by atoms with van der Waals surface area (Å²) in [6.07, 6.45) is 72.3. The number of ether oxygens (including phenoxy) is 3. The lowest BCUT2D eigenvalue weighted by molar-refractivity contribution is -0.305. The van der Waals surface area contributed by atoms with Crippen molar-refractivity contribution in [2.24, 2.45) is 0 Å². The first kappa shape index (κ1) is 82.1. The van der Waals surface area contributed by atoms with E-state index >= 15 is 0 Å². The average Bonchev–Trinajstić information content (AvgIpc) is 1.52. The second-order valence-corrected chi connectivity index (χ2v) is 25.3. The SMILES string of the molecule is CC/C=C\C/C=C\C/C=C\C/C=C\C/C=C\CCCCCCC(O)C(=O)NC(COC1OC(CO)C(O)C(O)C1OC(=O)CCCCCCCCCCCCCCCCCCCCCCCCCCC)C(O)/C=C/CCCCCCCCCCCCC. The molecule has 8 unspecified atom stereocenters. The fraction of sp³-hybridized carbons (Fsp3) is 0.816. The van der Waals surface area contributed by atoms with Crippen LogP contribution in [0.25, 0.3) is 0 Å². The second kappa shape index (κ2) is 63.3. The molecule has 0 aliphatic carbocycles. The van der Waals surface area contributed by atoms with Crippen molar-refractivity contribution in [1.82, 2.24) is 5.32 Å². The molecular weight excluding hydrogens is 1090 g/mol. The smallest absolute Gasteiger partial charge is 0.306 e. The summed E-state index contributed by atoms with van der Waals surface area (Å²) in [7, 11) is 0. The predicted molar refractivity (Wildman–Crippen MR) is 366 cm³/mol. The van der Waals surface area contributed by atoms with E-state index in [1.54, 1.807) is 6.08 Å². The number of hydrogen-bond acceptors (Lipinski definition) is 10. The molecule has 1 aliphatic heterocycles. The summed E-state index contributed by atoms with van der Waals surface area (Å²) in [5.41, 5.74) is 0. The summed E-state index contributed by atoms with van der Waals surface area (Å²) in [6, 6.07) is -1.04. The largest absolute Gasteiger partial charge is 0.454 e. The van der Waals surface area contributed by atoms with E-state index in [1.165, 1.54) is 193 Å². The molecule has 1 amide bonds. The van der Waals surface area contributed by atoms with Crippen molar-refractivity contribution in [2.45, 2.75) is 384 Å². The van der Waals surface area contributed by atoms with E-state index < -0.39 is 67.4 Å². The van der Waals surface area contributed by atoms with Crippen LogP contribution in [0.1, 0.15) is 335 Å². The van der Waals surface area contributed by atoms with Crippen molar-refractivity contribution in [3.63, 3.8) is 0 Å². The Kier molecular flexibility index (Phi) is 59.7. The number of carbonyl (C=O) groups is 2. The monoisotopic (exact) mass is 1220 g/mol. The maximum atomic E-state index is 13.5. The number of unbranched alkanes of at least 4 members (excludes halogenated alkanes) is 39. The fourth-order valence-corrected chi connectivity index (χ4v) is 11.4. The topological polar surface area (TPSA) is 175 Å². The molecule has 6 N–H and O–H groups in total. The number of allylic oxidation sites excluding steroid dienone is 11. The van der Waals surface area contributed by atoms with Gasteiger partial charge in [-0.3, -0.25) is 9.59 Å². The molecule has 0 aromatic carbocycles. The van der Waals surface area contributed by atoms with Crippen LogP contribution in [0.5, 0.6) is 0 Å². The summed E-state index contributed by atoms with van der Waals surface area (Å²) >= 11 is 0. The molecule has 0 radical (unpaired) electrons. The molecule has 1 fully saturated rings. The van der Waals surface area contributed by atoms with Crippen LogP contribution in [0.4, 0.5) is 0 Å². The van der Waals surface area contributed by atoms with Gasteiger partial charge in [0.2, 0.25) is 5.91 Å². The van der Waals surface area contributed by atoms with Gasteiger partial charge in [-0.25, -0.2) is 0 Å². The van der Waals surface area contributed by atoms with Crippen LogP contribution in [-0.4, -0.2) is 99.6 Å². The first-order valence-electron chi connectivity index (χ1n) is 36.7. The van der Waals surface area contributed by atoms with Crippen molar-refractivity contribution in [2.75, 3.05) is 13.2 Å². The number of esters is 1. The Balaban J connectivity index is 2.57. The molecular formula is C76H137NO10. The molecule has 0 aromatic heterocycles. The van der Waals surface area contributed by atoms with Crippen LogP contribution in [0.3, 0.4) is 0 Å². The zero-order chi connectivity index (χ0) is 63.1. The maximum absolute atomic E-state index is 13.5. The van der Waals surface area contributed by atoms with Gasteiger partial charge in [-0.15, -0.1) is 0 Å². The number of amides is 1. The molecule has 11 heteroatoms. The number of aliphatic hydroxyl groups excluding tert-OH is 5. The molecule has 87 heavy (non-hydrogen) atoms. The molecule has 11 nitrogen and oxygen atoms in total. The summed E-state index contributed by atoms with van der Waals surface area (Å²) < 4.78 is 17.7. The molecule has 0 spiro atoms. The minimum atomic E-state index is -1.62. The molecule has 1 heterocycles. The summed E-state index contributed by atoms with van der Waals surface area (Å²) in [5, 5.41) is 57.3. The Bertz CT molecular complexity index is 1690. The summed E-state index contributed by atoms with van der Waals surface area (Å²) in [4.78, 5) is 26.7. The third-order valence-corrected chi connectivity index (χ3v) is 17.1. The predicted octanol–water partition coefficient (Wildman–Crippen LogP) is 19.1. The minimum absolute atomic E-state index is 0.123. The van der Waals surface area contributed by atoms with Gasteiger partial charge in [0.1, 0.15) is 24.4 Å². The molecule has 506 valence electrons. The van der Waals surface area contributed by atoms with Gasteiger partial charge in [-0.2, -0.15) is 0 Å². The van der Waals surface area contributed by atoms with Gasteiger partial charge in [0.25, 0.3) is 0 Å². The van der Waals surface area contributed by atoms with Crippen molar-refractivity contribution in [3.05, 3.63) is 72.9 Å². The van der Waals surface area contributed by atoms with Crippen LogP contribution in [-0.2, 0) is 23.8 Å². The molecule has 0 aromatic rings. The lowest BCUT2D eigenvalue weighted by atomic mass is 9.99. The fourth-order valence-electron chi connectivity index (χ4n) is 11.4. The van der Waals surface area contributed by atoms with E-state index in [1.807, 2.05) is 6.08 Å². The van der Waals surface area contributed by atoms with Gasteiger partial charge >= 0.3 is 5.97 Å². The van der Waals surface area contributed by atoms with Crippen LogP contribution < -0.4 is 5.32 Å². The van der Waals surface area contributed by atoms with Gasteiger partial charge in [0.15, 0.2) is 12.4 Å². The van der Waals surface area contributed by atoms with Gasteiger partial charge in [-0.1, -0.05) is 331 Å². The number of aliphatic hydroxyl groups is 5. The van der Waals surface area contributed by atoms with E-state index in [4.69, 9.17) is 14.2 Å². The first-order valence-corrected chi connectivity index (χ1v) is 36.7. The minimum Gasteiger partial charge on any atom is -0.454 e. The van der Waals surface area contributed by atoms with Crippen LogP contribution in [0.15, 0.2) is 72.9 Å². The Morgan fingerprint density at radius 2 is 0.828 bits per heavy atom. The van der Waals surface area contributed by atoms with E-state index in [-0.39, 0.29) is 19.4 Å². The van der Waals surface area contributed by atoms with Gasteiger partial charge < -0.3 is 45.1 Å². The Morgan fingerprint density at radius 3 is 1.24 bits per heavy atom. The molecule has 0 bridgehead atoms. The highest BCUT2D eigenvalue weighted by Crippen LogP contribution is 2.26. The Labute approximate surface area is 534 Å². The molecule has 8 atom stereocenters. The third kappa shape index (κ3) is 50.4. The number of nitrogens with one attached hydrogen (secondary N) is 1. The zero-order valence-electron chi connectivity index (χ0n) is 56.4. The first-order chi connectivity index (χ1) is 42.7. The highest BCUT2D eigenvalue weighted by Gasteiger charge is 2.47. The summed E-state index contributed by atoms with van der Waals surface area (Å²) in [5.74, 6) is -1.20. The second-order valence-electron chi connectivity index (χ2n) is 25.3. The molecule has 1 rings (SSSR count). The Hall–Kier alpha value is -2.90. The van der Waals surface area contributed by atoms with Gasteiger partial charge in [0, 0.05) is 6.42 Å². The van der Waals surface area contributed by atoms with E-state index in [0.29, 0.717) is 12.8 Å². The van der Waals surface area contributed by atoms with Crippen molar-refractivity contribution >= 4 is 11.9 Å². The van der Waals surface area contributed by atoms with Gasteiger partial charge in [-0.05, 0) is 70.6 Å². The van der Waals surface area contributed by atoms with Crippen LogP contribution >= 0.6 is 0 Å². The normalized spacial score (nSPS) is 18.6. The third-order valence-electron chi connectivity index (χ3n) is 17.1. The lowest BCUT2D eigenvalue weighted by Crippen LogP contribution is -2.61. The molecule has 0 saturated carbocycles. The zero-order valence-corrected chi connectivity index (χ0v) is 56.4. The average molecular weight is 1220 g/mol. The van der Waals surface area contributed by atoms with Crippen LogP contribution in [0.2, 0.25) is 0 Å².